The molecule has 3 aliphatic rings. The predicted octanol–water partition coefficient (Wildman–Crippen LogP) is -1.84. The van der Waals surface area contributed by atoms with Crippen LogP contribution in [0.15, 0.2) is 23.7 Å². The number of hydrogen-bond acceptors (Lipinski definition) is 13. The molecule has 0 saturated carbocycles. The van der Waals surface area contributed by atoms with Crippen molar-refractivity contribution in [3.05, 3.63) is 18.7 Å². The van der Waals surface area contributed by atoms with E-state index in [9.17, 15) is 25.5 Å². The van der Waals surface area contributed by atoms with Crippen LogP contribution < -0.4 is 15.5 Å². The third kappa shape index (κ3) is 3.84. The predicted molar refractivity (Wildman–Crippen MR) is 126 cm³/mol. The van der Waals surface area contributed by atoms with Crippen LogP contribution in [0.4, 0.5) is 23.3 Å². The van der Waals surface area contributed by atoms with Crippen molar-refractivity contribution in [3.63, 3.8) is 0 Å². The van der Waals surface area contributed by atoms with Crippen molar-refractivity contribution < 1.29 is 35.0 Å². The molecule has 2 aromatic heterocycles. The number of imidazole rings is 1. The van der Waals surface area contributed by atoms with Crippen LogP contribution in [-0.2, 0) is 9.47 Å². The van der Waals surface area contributed by atoms with Gasteiger partial charge in [0, 0.05) is 12.4 Å². The van der Waals surface area contributed by atoms with Crippen LogP contribution in [0.3, 0.4) is 0 Å². The van der Waals surface area contributed by atoms with E-state index in [-0.39, 0.29) is 24.4 Å². The Morgan fingerprint density at radius 1 is 1.17 bits per heavy atom. The minimum atomic E-state index is -1.46. The molecule has 15 nitrogen and oxygen atoms in total. The third-order valence-corrected chi connectivity index (χ3v) is 7.00. The third-order valence-electron chi connectivity index (χ3n) is 7.00. The number of aliphatic imine (C=N–C) groups is 1. The fraction of sp³-hybridized carbons (Fsp3) is 0.619. The SMILES string of the molecule is CCC(Nc1nc(N)nc2c1N=C[N+]2([C@@H]1C[C@H](O)[C@@H](CO)O1)[C@@H]1O[C@H](CO)[C@@H](O)[C@H]1O)n1ccnc1. The first-order valence-electron chi connectivity index (χ1n) is 11.8. The number of nitrogen functional groups attached to an aromatic ring is 1. The van der Waals surface area contributed by atoms with E-state index in [0.29, 0.717) is 17.9 Å². The lowest BCUT2D eigenvalue weighted by molar-refractivity contribution is -0.133. The van der Waals surface area contributed by atoms with Gasteiger partial charge in [-0.25, -0.2) is 4.98 Å². The lowest BCUT2D eigenvalue weighted by atomic mass is 10.1. The Balaban J connectivity index is 1.61. The number of anilines is 2. The first kappa shape index (κ1) is 24.9. The highest BCUT2D eigenvalue weighted by Crippen LogP contribution is 2.49. The minimum absolute atomic E-state index is 0.0441. The second-order valence-corrected chi connectivity index (χ2v) is 9.10. The van der Waals surface area contributed by atoms with Gasteiger partial charge in [-0.15, -0.1) is 0 Å². The Morgan fingerprint density at radius 2 is 1.94 bits per heavy atom. The maximum atomic E-state index is 11.0. The monoisotopic (exact) mass is 507 g/mol. The molecule has 3 aliphatic heterocycles. The molecule has 2 saturated heterocycles. The molecule has 5 rings (SSSR count). The highest BCUT2D eigenvalue weighted by atomic mass is 16.6. The molecular weight excluding hydrogens is 476 g/mol. The summed E-state index contributed by atoms with van der Waals surface area (Å²) in [6.45, 7) is 1.02. The van der Waals surface area contributed by atoms with Crippen LogP contribution in [0.2, 0.25) is 0 Å². The van der Waals surface area contributed by atoms with Crippen molar-refractivity contribution in [1.82, 2.24) is 24.0 Å². The van der Waals surface area contributed by atoms with E-state index in [1.54, 1.807) is 18.7 Å². The maximum absolute atomic E-state index is 11.0. The average Bonchev–Trinajstić information content (AvgIpc) is 3.65. The molecule has 36 heavy (non-hydrogen) atoms. The Kier molecular flexibility index (Phi) is 6.65. The molecular formula is C21H31N8O7+. The molecule has 5 heterocycles. The van der Waals surface area contributed by atoms with E-state index < -0.39 is 60.7 Å². The van der Waals surface area contributed by atoms with Gasteiger partial charge in [-0.3, -0.25) is 0 Å². The van der Waals surface area contributed by atoms with Crippen LogP contribution >= 0.6 is 0 Å². The molecule has 2 unspecified atom stereocenters. The molecule has 2 fully saturated rings. The fourth-order valence-corrected chi connectivity index (χ4v) is 5.10. The van der Waals surface area contributed by atoms with Gasteiger partial charge in [-0.05, 0) is 6.42 Å². The first-order chi connectivity index (χ1) is 17.3. The van der Waals surface area contributed by atoms with Gasteiger partial charge in [0.15, 0.2) is 17.6 Å². The minimum Gasteiger partial charge on any atom is -0.394 e. The quantitative estimate of drug-likeness (QED) is 0.196. The largest absolute Gasteiger partial charge is 0.394 e. The molecule has 0 spiro atoms. The number of quaternary nitrogens is 1. The van der Waals surface area contributed by atoms with E-state index in [0.717, 1.165) is 0 Å². The lowest BCUT2D eigenvalue weighted by Crippen LogP contribution is -2.65. The zero-order valence-electron chi connectivity index (χ0n) is 19.6. The van der Waals surface area contributed by atoms with Gasteiger partial charge >= 0.3 is 0 Å². The molecule has 0 aromatic carbocycles. The Bertz CT molecular complexity index is 1100. The normalized spacial score (nSPS) is 36.3. The van der Waals surface area contributed by atoms with Crippen LogP contribution in [0.5, 0.6) is 0 Å². The van der Waals surface area contributed by atoms with Gasteiger partial charge < -0.3 is 50.6 Å². The second-order valence-electron chi connectivity index (χ2n) is 9.10. The molecule has 9 atom stereocenters. The number of hydrogen-bond donors (Lipinski definition) is 7. The lowest BCUT2D eigenvalue weighted by Gasteiger charge is -2.39. The highest BCUT2D eigenvalue weighted by Gasteiger charge is 2.63. The number of ether oxygens (including phenoxy) is 2. The standard InChI is InChI=1S/C21H31N8O7/c1-2-13(28-4-3-23-8-28)25-18-15-19(27-21(22)26-18)29(9-24-15,14-5-10(32)11(6-30)35-14)20-17(34)16(33)12(7-31)36-20/h3-4,8-14,16-17,20,30-34H,2,5-7H2,1H3,(H3,22,25,26,27)/q+1/t10-,11+,12+,13?,14-,16+,17+,20+,29?/m0/s1. The number of rotatable bonds is 8. The van der Waals surface area contributed by atoms with E-state index in [2.05, 4.69) is 25.3 Å². The summed E-state index contributed by atoms with van der Waals surface area (Å²) in [4.78, 5) is 17.4. The van der Waals surface area contributed by atoms with Crippen molar-refractivity contribution in [2.45, 2.75) is 68.9 Å². The Morgan fingerprint density at radius 3 is 2.56 bits per heavy atom. The van der Waals surface area contributed by atoms with Gasteiger partial charge in [0.2, 0.25) is 24.7 Å². The van der Waals surface area contributed by atoms with Gasteiger partial charge in [-0.2, -0.15) is 19.4 Å². The fourth-order valence-electron chi connectivity index (χ4n) is 5.10. The summed E-state index contributed by atoms with van der Waals surface area (Å²) in [5, 5.41) is 54.6. The molecule has 0 aliphatic carbocycles. The second kappa shape index (κ2) is 9.60. The van der Waals surface area contributed by atoms with Gasteiger partial charge in [-0.1, -0.05) is 6.92 Å². The van der Waals surface area contributed by atoms with E-state index in [4.69, 9.17) is 15.2 Å². The highest BCUT2D eigenvalue weighted by molar-refractivity contribution is 5.92. The van der Waals surface area contributed by atoms with Crippen molar-refractivity contribution in [2.24, 2.45) is 4.99 Å². The smallest absolute Gasteiger partial charge is 0.271 e. The van der Waals surface area contributed by atoms with E-state index >= 15 is 0 Å². The van der Waals surface area contributed by atoms with Crippen LogP contribution in [0.25, 0.3) is 0 Å². The number of aromatic nitrogens is 4. The number of nitrogens with one attached hydrogen (secondary N) is 1. The molecule has 15 heteroatoms. The number of aliphatic hydroxyl groups is 5. The van der Waals surface area contributed by atoms with Crippen LogP contribution in [0.1, 0.15) is 25.9 Å². The van der Waals surface area contributed by atoms with E-state index in [1.165, 1.54) is 6.34 Å². The summed E-state index contributed by atoms with van der Waals surface area (Å²) in [6.07, 6.45) is -0.898. The van der Waals surface area contributed by atoms with Gasteiger partial charge in [0.25, 0.3) is 5.82 Å². The number of nitrogens with two attached hydrogens (primary N) is 1. The molecule has 0 amide bonds. The maximum Gasteiger partial charge on any atom is 0.271 e. The summed E-state index contributed by atoms with van der Waals surface area (Å²) < 4.78 is 13.3. The topological polar surface area (TPSA) is 214 Å². The zero-order valence-corrected chi connectivity index (χ0v) is 19.6. The molecule has 196 valence electrons. The van der Waals surface area contributed by atoms with Crippen molar-refractivity contribution >= 4 is 29.6 Å². The summed E-state index contributed by atoms with van der Waals surface area (Å²) in [5.74, 6) is 0.447. The average molecular weight is 508 g/mol. The molecule has 0 radical (unpaired) electrons. The van der Waals surface area contributed by atoms with Crippen molar-refractivity contribution in [1.29, 1.82) is 0 Å². The van der Waals surface area contributed by atoms with Crippen LogP contribution in [-0.4, -0.2) is 108 Å². The van der Waals surface area contributed by atoms with Crippen LogP contribution in [0, 0.1) is 0 Å². The molecule has 8 N–H and O–H groups in total. The van der Waals surface area contributed by atoms with Crippen molar-refractivity contribution in [2.75, 3.05) is 24.3 Å². The molecule has 0 bridgehead atoms. The summed E-state index contributed by atoms with van der Waals surface area (Å²) in [6, 6.07) is 0. The number of aliphatic hydroxyl groups excluding tert-OH is 5. The van der Waals surface area contributed by atoms with E-state index in [1.807, 2.05) is 11.5 Å². The Labute approximate surface area is 206 Å². The zero-order chi connectivity index (χ0) is 25.6. The summed E-state index contributed by atoms with van der Waals surface area (Å²) in [5.41, 5.74) is 6.42. The van der Waals surface area contributed by atoms with Crippen molar-refractivity contribution in [3.8, 4) is 0 Å². The first-order valence-corrected chi connectivity index (χ1v) is 11.8. The summed E-state index contributed by atoms with van der Waals surface area (Å²) in [7, 11) is 0. The summed E-state index contributed by atoms with van der Waals surface area (Å²) >= 11 is 0. The Hall–Kier alpha value is -2.76. The molecule has 2 aromatic rings. The number of nitrogens with zero attached hydrogens (tertiary/aromatic N) is 6. The van der Waals surface area contributed by atoms with Gasteiger partial charge in [0.05, 0.1) is 32.1 Å². The number of fused-ring (bicyclic) bond motifs is 1. The van der Waals surface area contributed by atoms with Gasteiger partial charge in [0.1, 0.15) is 24.5 Å².